The van der Waals surface area contributed by atoms with Gasteiger partial charge in [-0.25, -0.2) is 9.18 Å². The number of urea groups is 1. The minimum atomic E-state index is -0.905. The van der Waals surface area contributed by atoms with Crippen molar-refractivity contribution in [3.63, 3.8) is 0 Å². The third kappa shape index (κ3) is 4.44. The lowest BCUT2D eigenvalue weighted by atomic mass is 10.1. The van der Waals surface area contributed by atoms with E-state index in [2.05, 4.69) is 10.6 Å². The number of hydrogen-bond donors (Lipinski definition) is 3. The summed E-state index contributed by atoms with van der Waals surface area (Å²) in [5, 5.41) is 15.5. The van der Waals surface area contributed by atoms with Crippen molar-refractivity contribution in [1.82, 2.24) is 5.32 Å². The van der Waals surface area contributed by atoms with Crippen molar-refractivity contribution in [1.29, 1.82) is 0 Å². The SMILES string of the molecule is O=C(NCC(O)c1ccccc1Cl)Nc1ccc(F)cc1. The fourth-order valence-corrected chi connectivity index (χ4v) is 2.01. The predicted molar refractivity (Wildman–Crippen MR) is 79.8 cm³/mol. The zero-order chi connectivity index (χ0) is 15.2. The molecule has 1 atom stereocenters. The molecule has 2 amide bonds. The standard InChI is InChI=1S/C15H14ClFN2O2/c16-13-4-2-1-3-12(13)14(20)9-18-15(21)19-11-7-5-10(17)6-8-11/h1-8,14,20H,9H2,(H2,18,19,21). The van der Waals surface area contributed by atoms with Gasteiger partial charge in [-0.2, -0.15) is 0 Å². The smallest absolute Gasteiger partial charge is 0.319 e. The van der Waals surface area contributed by atoms with E-state index in [1.807, 2.05) is 0 Å². The molecule has 110 valence electrons. The fraction of sp³-hybridized carbons (Fsp3) is 0.133. The molecule has 0 saturated carbocycles. The third-order valence-corrected chi connectivity index (χ3v) is 3.17. The van der Waals surface area contributed by atoms with Crippen molar-refractivity contribution in [2.24, 2.45) is 0 Å². The molecule has 0 bridgehead atoms. The normalized spacial score (nSPS) is 11.8. The molecule has 0 heterocycles. The minimum absolute atomic E-state index is 0.0107. The van der Waals surface area contributed by atoms with Gasteiger partial charge in [0.05, 0.1) is 6.10 Å². The maximum absolute atomic E-state index is 12.7. The number of carbonyl (C=O) groups excluding carboxylic acids is 1. The van der Waals surface area contributed by atoms with Gasteiger partial charge in [-0.1, -0.05) is 29.8 Å². The first-order chi connectivity index (χ1) is 10.1. The Morgan fingerprint density at radius 3 is 2.52 bits per heavy atom. The highest BCUT2D eigenvalue weighted by Gasteiger charge is 2.12. The molecule has 3 N–H and O–H groups in total. The van der Waals surface area contributed by atoms with E-state index in [0.717, 1.165) is 0 Å². The molecule has 0 fully saturated rings. The number of amides is 2. The van der Waals surface area contributed by atoms with Gasteiger partial charge in [0, 0.05) is 22.8 Å². The Morgan fingerprint density at radius 1 is 1.19 bits per heavy atom. The number of rotatable bonds is 4. The van der Waals surface area contributed by atoms with Crippen molar-refractivity contribution in [3.05, 3.63) is 64.9 Å². The summed E-state index contributed by atoms with van der Waals surface area (Å²) >= 11 is 5.96. The molecule has 4 nitrogen and oxygen atoms in total. The second kappa shape index (κ2) is 7.06. The van der Waals surface area contributed by atoms with Crippen LogP contribution in [0.15, 0.2) is 48.5 Å². The summed E-state index contributed by atoms with van der Waals surface area (Å²) in [6, 6.07) is 11.7. The van der Waals surface area contributed by atoms with Gasteiger partial charge in [0.25, 0.3) is 0 Å². The zero-order valence-corrected chi connectivity index (χ0v) is 11.8. The Kier molecular flexibility index (Phi) is 5.14. The maximum atomic E-state index is 12.7. The van der Waals surface area contributed by atoms with Crippen LogP contribution in [0.5, 0.6) is 0 Å². The van der Waals surface area contributed by atoms with E-state index < -0.39 is 12.1 Å². The van der Waals surface area contributed by atoms with Crippen LogP contribution in [0, 0.1) is 5.82 Å². The lowest BCUT2D eigenvalue weighted by molar-refractivity contribution is 0.175. The average molecular weight is 309 g/mol. The van der Waals surface area contributed by atoms with Gasteiger partial charge in [-0.05, 0) is 30.3 Å². The van der Waals surface area contributed by atoms with Crippen LogP contribution >= 0.6 is 11.6 Å². The van der Waals surface area contributed by atoms with Crippen LogP contribution in [0.2, 0.25) is 5.02 Å². The molecule has 6 heteroatoms. The third-order valence-electron chi connectivity index (χ3n) is 2.82. The largest absolute Gasteiger partial charge is 0.387 e. The van der Waals surface area contributed by atoms with E-state index >= 15 is 0 Å². The lowest BCUT2D eigenvalue weighted by Crippen LogP contribution is -2.32. The molecule has 0 spiro atoms. The molecule has 2 aromatic carbocycles. The van der Waals surface area contributed by atoms with Crippen LogP contribution in [-0.4, -0.2) is 17.7 Å². The van der Waals surface area contributed by atoms with Crippen molar-refractivity contribution in [2.45, 2.75) is 6.10 Å². The number of anilines is 1. The molecule has 1 unspecified atom stereocenters. The van der Waals surface area contributed by atoms with Gasteiger partial charge < -0.3 is 15.7 Å². The molecule has 0 aliphatic heterocycles. The van der Waals surface area contributed by atoms with Crippen molar-refractivity contribution in [2.75, 3.05) is 11.9 Å². The lowest BCUT2D eigenvalue weighted by Gasteiger charge is -2.14. The molecule has 21 heavy (non-hydrogen) atoms. The summed E-state index contributed by atoms with van der Waals surface area (Å²) in [5.74, 6) is -0.380. The molecule has 0 aromatic heterocycles. The number of hydrogen-bond acceptors (Lipinski definition) is 2. The van der Waals surface area contributed by atoms with Crippen LogP contribution in [0.4, 0.5) is 14.9 Å². The summed E-state index contributed by atoms with van der Waals surface area (Å²) in [6.07, 6.45) is -0.905. The van der Waals surface area contributed by atoms with E-state index in [1.54, 1.807) is 24.3 Å². The second-order valence-corrected chi connectivity index (χ2v) is 4.79. The van der Waals surface area contributed by atoms with E-state index in [1.165, 1.54) is 24.3 Å². The predicted octanol–water partition coefficient (Wildman–Crippen LogP) is 3.33. The molecule has 0 saturated heterocycles. The van der Waals surface area contributed by atoms with Crippen LogP contribution < -0.4 is 10.6 Å². The first kappa shape index (κ1) is 15.3. The number of nitrogens with one attached hydrogen (secondary N) is 2. The summed E-state index contributed by atoms with van der Waals surface area (Å²) in [6.45, 7) is 0.0107. The van der Waals surface area contributed by atoms with Crippen LogP contribution in [-0.2, 0) is 0 Å². The van der Waals surface area contributed by atoms with Crippen molar-refractivity contribution in [3.8, 4) is 0 Å². The van der Waals surface area contributed by atoms with E-state index in [4.69, 9.17) is 11.6 Å². The number of halogens is 2. The van der Waals surface area contributed by atoms with Gasteiger partial charge in [0.15, 0.2) is 0 Å². The molecule has 0 aliphatic rings. The second-order valence-electron chi connectivity index (χ2n) is 4.38. The van der Waals surface area contributed by atoms with Crippen molar-refractivity contribution >= 4 is 23.3 Å². The molecular weight excluding hydrogens is 295 g/mol. The number of benzene rings is 2. The van der Waals surface area contributed by atoms with E-state index in [0.29, 0.717) is 16.3 Å². The summed E-state index contributed by atoms with van der Waals surface area (Å²) < 4.78 is 12.7. The van der Waals surface area contributed by atoms with Crippen molar-refractivity contribution < 1.29 is 14.3 Å². The molecule has 2 rings (SSSR count). The zero-order valence-electron chi connectivity index (χ0n) is 11.0. The van der Waals surface area contributed by atoms with Gasteiger partial charge in [0.1, 0.15) is 5.82 Å². The summed E-state index contributed by atoms with van der Waals surface area (Å²) in [5.41, 5.74) is 1.00. The molecule has 0 radical (unpaired) electrons. The quantitative estimate of drug-likeness (QED) is 0.811. The summed E-state index contributed by atoms with van der Waals surface area (Å²) in [7, 11) is 0. The van der Waals surface area contributed by atoms with Gasteiger partial charge in [0.2, 0.25) is 0 Å². The average Bonchev–Trinajstić information content (AvgIpc) is 2.48. The number of aliphatic hydroxyl groups excluding tert-OH is 1. The Labute approximate surface area is 126 Å². The fourth-order valence-electron chi connectivity index (χ4n) is 1.75. The first-order valence-electron chi connectivity index (χ1n) is 6.29. The highest BCUT2D eigenvalue weighted by Crippen LogP contribution is 2.21. The highest BCUT2D eigenvalue weighted by molar-refractivity contribution is 6.31. The molecule has 0 aliphatic carbocycles. The van der Waals surface area contributed by atoms with E-state index in [-0.39, 0.29) is 12.4 Å². The van der Waals surface area contributed by atoms with Crippen LogP contribution in [0.3, 0.4) is 0 Å². The number of carbonyl (C=O) groups is 1. The Balaban J connectivity index is 1.86. The maximum Gasteiger partial charge on any atom is 0.319 e. The molecule has 2 aromatic rings. The Hall–Kier alpha value is -2.11. The monoisotopic (exact) mass is 308 g/mol. The van der Waals surface area contributed by atoms with Gasteiger partial charge in [-0.15, -0.1) is 0 Å². The molecular formula is C15H14ClFN2O2. The Bertz CT molecular complexity index is 619. The minimum Gasteiger partial charge on any atom is -0.387 e. The summed E-state index contributed by atoms with van der Waals surface area (Å²) in [4.78, 5) is 11.7. The van der Waals surface area contributed by atoms with Crippen LogP contribution in [0.1, 0.15) is 11.7 Å². The topological polar surface area (TPSA) is 61.4 Å². The number of aliphatic hydroxyl groups is 1. The first-order valence-corrected chi connectivity index (χ1v) is 6.67. The Morgan fingerprint density at radius 2 is 1.86 bits per heavy atom. The van der Waals surface area contributed by atoms with Gasteiger partial charge >= 0.3 is 6.03 Å². The van der Waals surface area contributed by atoms with Crippen LogP contribution in [0.25, 0.3) is 0 Å². The van der Waals surface area contributed by atoms with E-state index in [9.17, 15) is 14.3 Å². The van der Waals surface area contributed by atoms with Gasteiger partial charge in [-0.3, -0.25) is 0 Å². The highest BCUT2D eigenvalue weighted by atomic mass is 35.5.